The summed E-state index contributed by atoms with van der Waals surface area (Å²) in [6.07, 6.45) is 0. The Hall–Kier alpha value is -2.26. The van der Waals surface area contributed by atoms with E-state index in [1.54, 1.807) is 22.7 Å². The molecule has 0 bridgehead atoms. The average molecular weight is 380 g/mol. The number of benzene rings is 2. The topological polar surface area (TPSA) is 26.3 Å². The minimum absolute atomic E-state index is 0.879. The number of para-hydroxylation sites is 2. The Balaban J connectivity index is 1.78. The van der Waals surface area contributed by atoms with Gasteiger partial charge in [0.25, 0.3) is 8.01 Å². The lowest BCUT2D eigenvalue weighted by atomic mass is 10.1. The van der Waals surface area contributed by atoms with Crippen LogP contribution in [0.1, 0.15) is 0 Å². The van der Waals surface area contributed by atoms with Gasteiger partial charge in [0.15, 0.2) is 0 Å². The van der Waals surface area contributed by atoms with Gasteiger partial charge in [0.2, 0.25) is 0 Å². The van der Waals surface area contributed by atoms with Crippen molar-refractivity contribution in [1.29, 1.82) is 0 Å². The lowest BCUT2D eigenvalue weighted by molar-refractivity contribution is 0.651. The SMILES string of the molecule is c1csc(-c2ccc(-p3oc4ccccc4c4ccccc4o3)s2)c1. The van der Waals surface area contributed by atoms with Crippen LogP contribution in [0.3, 0.4) is 0 Å². The molecule has 0 unspecified atom stereocenters. The predicted octanol–water partition coefficient (Wildman–Crippen LogP) is 8.07. The highest BCUT2D eigenvalue weighted by atomic mass is 32.1. The number of thiophene rings is 2. The van der Waals surface area contributed by atoms with Crippen LogP contribution < -0.4 is 0 Å². The number of hydrogen-bond donors (Lipinski definition) is 0. The molecule has 5 heteroatoms. The first-order valence-corrected chi connectivity index (χ1v) is 10.7. The summed E-state index contributed by atoms with van der Waals surface area (Å²) < 4.78 is 13.8. The summed E-state index contributed by atoms with van der Waals surface area (Å²) >= 11 is 3.50. The summed E-state index contributed by atoms with van der Waals surface area (Å²) in [7, 11) is -1.20. The molecular weight excluding hydrogens is 367 g/mol. The minimum atomic E-state index is -1.20. The second-order valence-electron chi connectivity index (χ2n) is 5.55. The van der Waals surface area contributed by atoms with Crippen LogP contribution in [0.25, 0.3) is 36.3 Å². The summed E-state index contributed by atoms with van der Waals surface area (Å²) in [6.45, 7) is 0. The van der Waals surface area contributed by atoms with Crippen LogP contribution in [0, 0.1) is 0 Å². The maximum absolute atomic E-state index is 6.31. The fourth-order valence-electron chi connectivity index (χ4n) is 2.80. The van der Waals surface area contributed by atoms with Crippen molar-refractivity contribution in [2.45, 2.75) is 0 Å². The van der Waals surface area contributed by atoms with Crippen LogP contribution in [0.15, 0.2) is 86.6 Å². The lowest BCUT2D eigenvalue weighted by Gasteiger charge is -1.93. The summed E-state index contributed by atoms with van der Waals surface area (Å²) in [4.78, 5) is 2.53. The van der Waals surface area contributed by atoms with Crippen LogP contribution in [0.4, 0.5) is 0 Å². The molecule has 2 nitrogen and oxygen atoms in total. The van der Waals surface area contributed by atoms with E-state index in [2.05, 4.69) is 41.8 Å². The predicted molar refractivity (Wildman–Crippen MR) is 109 cm³/mol. The highest BCUT2D eigenvalue weighted by Gasteiger charge is 2.11. The zero-order valence-electron chi connectivity index (χ0n) is 13.1. The molecule has 0 spiro atoms. The van der Waals surface area contributed by atoms with Gasteiger partial charge in [-0.1, -0.05) is 42.5 Å². The minimum Gasteiger partial charge on any atom is -0.415 e. The largest absolute Gasteiger partial charge is 0.415 e. The van der Waals surface area contributed by atoms with Gasteiger partial charge in [0, 0.05) is 20.5 Å². The molecule has 0 N–H and O–H groups in total. The Morgan fingerprint density at radius 3 is 1.96 bits per heavy atom. The molecular formula is C20H13O2PS2. The van der Waals surface area contributed by atoms with Crippen LogP contribution in [0.5, 0.6) is 0 Å². The zero-order valence-corrected chi connectivity index (χ0v) is 15.6. The molecule has 0 atom stereocenters. The Kier molecular flexibility index (Phi) is 3.75. The monoisotopic (exact) mass is 380 g/mol. The molecule has 0 aliphatic rings. The van der Waals surface area contributed by atoms with Crippen molar-refractivity contribution in [1.82, 2.24) is 0 Å². The van der Waals surface area contributed by atoms with Gasteiger partial charge in [-0.3, -0.25) is 0 Å². The highest BCUT2D eigenvalue weighted by Crippen LogP contribution is 2.48. The first-order chi connectivity index (χ1) is 12.4. The van der Waals surface area contributed by atoms with E-state index in [0.29, 0.717) is 0 Å². The molecule has 122 valence electrons. The molecule has 25 heavy (non-hydrogen) atoms. The van der Waals surface area contributed by atoms with E-state index in [0.717, 1.165) is 26.6 Å². The van der Waals surface area contributed by atoms with Gasteiger partial charge in [-0.15, -0.1) is 22.7 Å². The molecule has 0 radical (unpaired) electrons. The number of hydrogen-bond acceptors (Lipinski definition) is 4. The molecule has 0 aliphatic carbocycles. The van der Waals surface area contributed by atoms with Gasteiger partial charge < -0.3 is 8.39 Å². The van der Waals surface area contributed by atoms with Gasteiger partial charge in [-0.25, -0.2) is 0 Å². The Bertz CT molecular complexity index is 1140. The Labute approximate surface area is 153 Å². The van der Waals surface area contributed by atoms with E-state index in [1.807, 2.05) is 36.4 Å². The van der Waals surface area contributed by atoms with Crippen LogP contribution >= 0.6 is 30.7 Å². The lowest BCUT2D eigenvalue weighted by Crippen LogP contribution is -1.69. The maximum Gasteiger partial charge on any atom is 0.263 e. The fraction of sp³-hybridized carbons (Fsp3) is 0. The average Bonchev–Trinajstić information content (AvgIpc) is 3.31. The van der Waals surface area contributed by atoms with Gasteiger partial charge in [0.05, 0.1) is 0 Å². The van der Waals surface area contributed by atoms with E-state index in [4.69, 9.17) is 8.39 Å². The number of rotatable bonds is 2. The van der Waals surface area contributed by atoms with Crippen LogP contribution in [-0.4, -0.2) is 0 Å². The van der Waals surface area contributed by atoms with Crippen LogP contribution in [0.2, 0.25) is 0 Å². The van der Waals surface area contributed by atoms with E-state index in [1.165, 1.54) is 9.75 Å². The molecule has 0 saturated heterocycles. The first-order valence-electron chi connectivity index (χ1n) is 7.87. The molecule has 3 aromatic heterocycles. The van der Waals surface area contributed by atoms with E-state index in [-0.39, 0.29) is 0 Å². The van der Waals surface area contributed by atoms with E-state index >= 15 is 0 Å². The normalized spacial score (nSPS) is 11.2. The molecule has 0 aliphatic heterocycles. The molecule has 2 aromatic carbocycles. The van der Waals surface area contributed by atoms with E-state index in [9.17, 15) is 0 Å². The molecule has 5 aromatic rings. The number of fused-ring (bicyclic) bond motifs is 3. The summed E-state index contributed by atoms with van der Waals surface area (Å²) in [5.74, 6) is 0. The van der Waals surface area contributed by atoms with Crippen molar-refractivity contribution in [2.24, 2.45) is 0 Å². The van der Waals surface area contributed by atoms with Gasteiger partial charge >= 0.3 is 0 Å². The quantitative estimate of drug-likeness (QED) is 0.309. The second kappa shape index (κ2) is 6.23. The van der Waals surface area contributed by atoms with Crippen molar-refractivity contribution in [3.05, 3.63) is 78.2 Å². The third kappa shape index (κ3) is 2.73. The summed E-state index contributed by atoms with van der Waals surface area (Å²) in [6, 6.07) is 24.8. The van der Waals surface area contributed by atoms with Gasteiger partial charge in [-0.2, -0.15) is 0 Å². The molecule has 0 fully saturated rings. The summed E-state index contributed by atoms with van der Waals surface area (Å²) in [5, 5.41) is 4.27. The Morgan fingerprint density at radius 1 is 0.640 bits per heavy atom. The molecule has 0 saturated carbocycles. The first kappa shape index (κ1) is 15.0. The summed E-state index contributed by atoms with van der Waals surface area (Å²) in [5.41, 5.74) is 1.76. The third-order valence-electron chi connectivity index (χ3n) is 3.96. The standard InChI is InChI=1S/C20H13O2PS2/c1-3-8-16-14(6-1)15-7-2-4-9-17(15)22-23(21-16)20-12-11-19(25-20)18-10-5-13-24-18/h1-13H. The third-order valence-corrected chi connectivity index (χ3v) is 7.87. The molecule has 5 rings (SSSR count). The van der Waals surface area contributed by atoms with Crippen molar-refractivity contribution in [2.75, 3.05) is 0 Å². The fourth-order valence-corrected chi connectivity index (χ4v) is 6.29. The van der Waals surface area contributed by atoms with Gasteiger partial charge in [0.1, 0.15) is 15.8 Å². The van der Waals surface area contributed by atoms with Crippen molar-refractivity contribution >= 4 is 52.6 Å². The molecule has 3 heterocycles. The van der Waals surface area contributed by atoms with E-state index < -0.39 is 8.01 Å². The van der Waals surface area contributed by atoms with Crippen molar-refractivity contribution < 1.29 is 8.39 Å². The van der Waals surface area contributed by atoms with Crippen molar-refractivity contribution in [3.8, 4) is 14.4 Å². The smallest absolute Gasteiger partial charge is 0.263 e. The zero-order chi connectivity index (χ0) is 16.6. The Morgan fingerprint density at radius 2 is 1.32 bits per heavy atom. The van der Waals surface area contributed by atoms with Crippen LogP contribution in [-0.2, 0) is 0 Å². The van der Waals surface area contributed by atoms with Gasteiger partial charge in [-0.05, 0) is 35.7 Å². The second-order valence-corrected chi connectivity index (χ2v) is 9.24. The van der Waals surface area contributed by atoms with Crippen molar-refractivity contribution in [3.63, 3.8) is 0 Å². The molecule has 0 amide bonds. The highest BCUT2D eigenvalue weighted by molar-refractivity contribution is 7.55. The maximum atomic E-state index is 6.31.